The molecule has 6 heteroatoms. The van der Waals surface area contributed by atoms with Crippen LogP contribution in [0.5, 0.6) is 0 Å². The molecule has 0 aliphatic carbocycles. The Balaban J connectivity index is 2.03. The molecule has 0 bridgehead atoms. The van der Waals surface area contributed by atoms with Crippen molar-refractivity contribution >= 4 is 34.0 Å². The van der Waals surface area contributed by atoms with E-state index in [1.54, 1.807) is 0 Å². The number of amides is 1. The lowest BCUT2D eigenvalue weighted by Crippen LogP contribution is -2.31. The minimum Gasteiger partial charge on any atom is -0.374 e. The average Bonchev–Trinajstić information content (AvgIpc) is 2.85. The number of rotatable bonds is 3. The Morgan fingerprint density at radius 3 is 2.72 bits per heavy atom. The predicted octanol–water partition coefficient (Wildman–Crippen LogP) is 2.88. The zero-order chi connectivity index (χ0) is 13.3. The SMILES string of the molecule is CC1OC(C)C(C(=O)Nc2nc(CCl)cs2)C1C. The van der Waals surface area contributed by atoms with Gasteiger partial charge in [-0.2, -0.15) is 0 Å². The van der Waals surface area contributed by atoms with Crippen molar-refractivity contribution in [1.29, 1.82) is 0 Å². The van der Waals surface area contributed by atoms with Gasteiger partial charge in [0, 0.05) is 5.38 Å². The quantitative estimate of drug-likeness (QED) is 0.870. The topological polar surface area (TPSA) is 51.2 Å². The lowest BCUT2D eigenvalue weighted by molar-refractivity contribution is -0.121. The summed E-state index contributed by atoms with van der Waals surface area (Å²) in [5.74, 6) is 0.438. The number of thiazole rings is 1. The lowest BCUT2D eigenvalue weighted by Gasteiger charge is -2.16. The van der Waals surface area contributed by atoms with Gasteiger partial charge in [0.1, 0.15) is 0 Å². The molecule has 100 valence electrons. The molecular weight excluding hydrogens is 272 g/mol. The van der Waals surface area contributed by atoms with Crippen LogP contribution in [0.4, 0.5) is 5.13 Å². The molecule has 1 amide bonds. The van der Waals surface area contributed by atoms with Crippen molar-refractivity contribution in [2.45, 2.75) is 38.9 Å². The van der Waals surface area contributed by atoms with Crippen molar-refractivity contribution < 1.29 is 9.53 Å². The summed E-state index contributed by atoms with van der Waals surface area (Å²) in [6.45, 7) is 5.99. The summed E-state index contributed by atoms with van der Waals surface area (Å²) in [4.78, 5) is 16.4. The van der Waals surface area contributed by atoms with Crippen molar-refractivity contribution in [2.24, 2.45) is 11.8 Å². The van der Waals surface area contributed by atoms with Gasteiger partial charge < -0.3 is 10.1 Å². The lowest BCUT2D eigenvalue weighted by atomic mass is 9.89. The minimum absolute atomic E-state index is 0.0187. The van der Waals surface area contributed by atoms with Crippen molar-refractivity contribution in [2.75, 3.05) is 5.32 Å². The Morgan fingerprint density at radius 1 is 1.50 bits per heavy atom. The standard InChI is InChI=1S/C12H17ClN2O2S/c1-6-7(2)17-8(3)10(6)11(16)15-12-14-9(4-13)5-18-12/h5-8,10H,4H2,1-3H3,(H,14,15,16). The van der Waals surface area contributed by atoms with E-state index in [1.165, 1.54) is 11.3 Å². The molecule has 4 atom stereocenters. The monoisotopic (exact) mass is 288 g/mol. The number of nitrogens with zero attached hydrogens (tertiary/aromatic N) is 1. The van der Waals surface area contributed by atoms with Crippen LogP contribution in [0.3, 0.4) is 0 Å². The predicted molar refractivity (Wildman–Crippen MR) is 73.0 cm³/mol. The van der Waals surface area contributed by atoms with Gasteiger partial charge in [0.25, 0.3) is 0 Å². The molecule has 1 aromatic rings. The fourth-order valence-electron chi connectivity index (χ4n) is 2.33. The summed E-state index contributed by atoms with van der Waals surface area (Å²) >= 11 is 7.08. The first-order valence-electron chi connectivity index (χ1n) is 5.99. The maximum Gasteiger partial charge on any atom is 0.232 e. The third-order valence-electron chi connectivity index (χ3n) is 3.46. The highest BCUT2D eigenvalue weighted by Gasteiger charge is 2.41. The molecule has 1 aromatic heterocycles. The van der Waals surface area contributed by atoms with Gasteiger partial charge in [-0.3, -0.25) is 4.79 Å². The van der Waals surface area contributed by atoms with E-state index in [1.807, 2.05) is 26.2 Å². The molecule has 2 heterocycles. The van der Waals surface area contributed by atoms with Crippen molar-refractivity contribution in [3.05, 3.63) is 11.1 Å². The highest BCUT2D eigenvalue weighted by molar-refractivity contribution is 7.13. The molecule has 4 nitrogen and oxygen atoms in total. The van der Waals surface area contributed by atoms with Crippen LogP contribution >= 0.6 is 22.9 Å². The highest BCUT2D eigenvalue weighted by Crippen LogP contribution is 2.33. The van der Waals surface area contributed by atoms with Crippen LogP contribution in [0.1, 0.15) is 26.5 Å². The first-order valence-corrected chi connectivity index (χ1v) is 7.41. The molecule has 1 saturated heterocycles. The highest BCUT2D eigenvalue weighted by atomic mass is 35.5. The number of carbonyl (C=O) groups is 1. The van der Waals surface area contributed by atoms with E-state index < -0.39 is 0 Å². The molecule has 18 heavy (non-hydrogen) atoms. The summed E-state index contributed by atoms with van der Waals surface area (Å²) in [7, 11) is 0. The summed E-state index contributed by atoms with van der Waals surface area (Å²) in [5.41, 5.74) is 0.786. The number of hydrogen-bond acceptors (Lipinski definition) is 4. The molecule has 4 unspecified atom stereocenters. The van der Waals surface area contributed by atoms with Crippen LogP contribution in [0.15, 0.2) is 5.38 Å². The maximum atomic E-state index is 12.2. The van der Waals surface area contributed by atoms with E-state index in [0.717, 1.165) is 5.69 Å². The second-order valence-electron chi connectivity index (χ2n) is 4.70. The molecule has 2 rings (SSSR count). The van der Waals surface area contributed by atoms with Crippen LogP contribution in [0.2, 0.25) is 0 Å². The number of alkyl halides is 1. The van der Waals surface area contributed by atoms with Gasteiger partial charge in [0.15, 0.2) is 5.13 Å². The molecule has 1 fully saturated rings. The van der Waals surface area contributed by atoms with Crippen LogP contribution < -0.4 is 5.32 Å². The van der Waals surface area contributed by atoms with Gasteiger partial charge in [-0.15, -0.1) is 22.9 Å². The second-order valence-corrected chi connectivity index (χ2v) is 5.82. The van der Waals surface area contributed by atoms with Crippen LogP contribution in [0, 0.1) is 11.8 Å². The molecule has 1 N–H and O–H groups in total. The largest absolute Gasteiger partial charge is 0.374 e. The summed E-state index contributed by atoms with van der Waals surface area (Å²) in [6.07, 6.45) is 0.0629. The van der Waals surface area contributed by atoms with Gasteiger partial charge in [0.05, 0.1) is 29.7 Å². The average molecular weight is 289 g/mol. The Labute approximate surface area is 116 Å². The zero-order valence-electron chi connectivity index (χ0n) is 10.6. The number of ether oxygens (including phenoxy) is 1. The molecule has 1 aliphatic heterocycles. The van der Waals surface area contributed by atoms with Gasteiger partial charge >= 0.3 is 0 Å². The van der Waals surface area contributed by atoms with E-state index in [0.29, 0.717) is 11.0 Å². The fraction of sp³-hybridized carbons (Fsp3) is 0.667. The van der Waals surface area contributed by atoms with Gasteiger partial charge in [0.2, 0.25) is 5.91 Å². The molecule has 0 radical (unpaired) electrons. The van der Waals surface area contributed by atoms with E-state index in [-0.39, 0.29) is 30.0 Å². The molecule has 0 aromatic carbocycles. The molecule has 0 spiro atoms. The van der Waals surface area contributed by atoms with Gasteiger partial charge in [-0.25, -0.2) is 4.98 Å². The van der Waals surface area contributed by atoms with Crippen molar-refractivity contribution in [3.8, 4) is 0 Å². The van der Waals surface area contributed by atoms with Crippen LogP contribution in [0.25, 0.3) is 0 Å². The third kappa shape index (κ3) is 2.68. The zero-order valence-corrected chi connectivity index (χ0v) is 12.2. The number of carbonyl (C=O) groups excluding carboxylic acids is 1. The first-order chi connectivity index (χ1) is 8.52. The first kappa shape index (κ1) is 13.8. The van der Waals surface area contributed by atoms with E-state index >= 15 is 0 Å². The Kier molecular flexibility index (Phi) is 4.25. The number of hydrogen-bond donors (Lipinski definition) is 1. The number of anilines is 1. The molecular formula is C12H17ClN2O2S. The summed E-state index contributed by atoms with van der Waals surface area (Å²) in [5, 5.41) is 5.31. The summed E-state index contributed by atoms with van der Waals surface area (Å²) < 4.78 is 5.67. The normalized spacial score (nSPS) is 31.6. The summed E-state index contributed by atoms with van der Waals surface area (Å²) in [6, 6.07) is 0. The van der Waals surface area contributed by atoms with Crippen molar-refractivity contribution in [1.82, 2.24) is 4.98 Å². The van der Waals surface area contributed by atoms with Gasteiger partial charge in [-0.05, 0) is 19.8 Å². The number of nitrogens with one attached hydrogen (secondary N) is 1. The second kappa shape index (κ2) is 5.55. The fourth-order valence-corrected chi connectivity index (χ4v) is 3.27. The van der Waals surface area contributed by atoms with Crippen molar-refractivity contribution in [3.63, 3.8) is 0 Å². The number of halogens is 1. The van der Waals surface area contributed by atoms with Crippen LogP contribution in [-0.4, -0.2) is 23.1 Å². The maximum absolute atomic E-state index is 12.2. The van der Waals surface area contributed by atoms with E-state index in [4.69, 9.17) is 16.3 Å². The molecule has 1 aliphatic rings. The smallest absolute Gasteiger partial charge is 0.232 e. The van der Waals surface area contributed by atoms with Gasteiger partial charge in [-0.1, -0.05) is 6.92 Å². The third-order valence-corrected chi connectivity index (χ3v) is 4.54. The Bertz CT molecular complexity index is 437. The van der Waals surface area contributed by atoms with E-state index in [2.05, 4.69) is 10.3 Å². The Morgan fingerprint density at radius 2 is 2.22 bits per heavy atom. The Hall–Kier alpha value is -0.650. The molecule has 0 saturated carbocycles. The number of aromatic nitrogens is 1. The van der Waals surface area contributed by atoms with Crippen LogP contribution in [-0.2, 0) is 15.4 Å². The van der Waals surface area contributed by atoms with E-state index in [9.17, 15) is 4.79 Å². The minimum atomic E-state index is -0.122.